The Hall–Kier alpha value is -4.08. The molecular formula is C83H104N6O12S24. The Bertz CT molecular complexity index is 4270. The number of carboxylic acid groups (broad SMARTS) is 6. The molecule has 0 aliphatic carbocycles. The zero-order valence-corrected chi connectivity index (χ0v) is 92.6. The van der Waals surface area contributed by atoms with Crippen LogP contribution < -0.4 is 0 Å². The molecule has 0 aromatic heterocycles. The van der Waals surface area contributed by atoms with Gasteiger partial charge >= 0.3 is 35.8 Å². The molecule has 4 aromatic carbocycles. The van der Waals surface area contributed by atoms with Crippen molar-refractivity contribution in [1.29, 1.82) is 31.6 Å². The van der Waals surface area contributed by atoms with Crippen LogP contribution in [0, 0.1) is 68.0 Å². The molecule has 0 aliphatic heterocycles. The summed E-state index contributed by atoms with van der Waals surface area (Å²) in [5.74, 6) is -4.82. The first kappa shape index (κ1) is 136. The molecule has 0 fully saturated rings. The van der Waals surface area contributed by atoms with Crippen LogP contribution in [-0.4, -0.2) is 178 Å². The molecule has 3 unspecified atom stereocenters. The summed E-state index contributed by atoms with van der Waals surface area (Å²) in [5.41, 5.74) is 3.83. The van der Waals surface area contributed by atoms with Gasteiger partial charge in [-0.3, -0.25) is 28.8 Å². The molecule has 18 nitrogen and oxygen atoms in total. The molecular weight excluding hydrogens is 2040 g/mol. The lowest BCUT2D eigenvalue weighted by Crippen LogP contribution is -2.28. The second-order valence-electron chi connectivity index (χ2n) is 26.2. The lowest BCUT2D eigenvalue weighted by atomic mass is 10.2. The van der Waals surface area contributed by atoms with Gasteiger partial charge < -0.3 is 30.6 Å². The van der Waals surface area contributed by atoms with Crippen molar-refractivity contribution in [2.24, 2.45) is 0 Å². The molecule has 4 aromatic rings. The number of thiocarbonyl (C=S) groups is 12. The number of benzene rings is 4. The molecule has 6 N–H and O–H groups in total. The summed E-state index contributed by atoms with van der Waals surface area (Å²) in [6.45, 7) is 40.7. The van der Waals surface area contributed by atoms with Crippen LogP contribution in [0.15, 0.2) is 121 Å². The monoisotopic (exact) mass is 2140 g/mol. The highest BCUT2D eigenvalue weighted by molar-refractivity contribution is 8.28. The second kappa shape index (κ2) is 77.5. The summed E-state index contributed by atoms with van der Waals surface area (Å²) in [6, 6.07) is 51.1. The van der Waals surface area contributed by atoms with Crippen LogP contribution in [0.3, 0.4) is 0 Å². The number of rotatable bonds is 22. The summed E-state index contributed by atoms with van der Waals surface area (Å²) >= 11 is 74.2. The number of nitrogens with zero attached hydrogens (tertiary/aromatic N) is 6. The number of hydrogen-bond acceptors (Lipinski definition) is 36. The Morgan fingerprint density at radius 1 is 0.288 bits per heavy atom. The van der Waals surface area contributed by atoms with Crippen LogP contribution in [0.4, 0.5) is 0 Å². The summed E-state index contributed by atoms with van der Waals surface area (Å²) in [6.07, 6.45) is 0. The fraction of sp³-hybridized carbons (Fsp3) is 0.422. The molecule has 0 bridgehead atoms. The summed E-state index contributed by atoms with van der Waals surface area (Å²) in [7, 11) is 0. The number of nitriles is 6. The minimum Gasteiger partial charge on any atom is -0.481 e. The third-order valence-corrected chi connectivity index (χ3v) is 26.5. The molecule has 0 heterocycles. The molecule has 125 heavy (non-hydrogen) atoms. The van der Waals surface area contributed by atoms with E-state index in [1.807, 2.05) is 211 Å². The van der Waals surface area contributed by atoms with E-state index in [1.54, 1.807) is 69.2 Å². The molecule has 682 valence electrons. The smallest absolute Gasteiger partial charge is 0.319 e. The van der Waals surface area contributed by atoms with E-state index in [0.717, 1.165) is 47.4 Å². The lowest BCUT2D eigenvalue weighted by Gasteiger charge is -2.18. The molecule has 42 heteroatoms. The molecule has 0 radical (unpaired) electrons. The van der Waals surface area contributed by atoms with E-state index >= 15 is 0 Å². The van der Waals surface area contributed by atoms with Gasteiger partial charge in [-0.05, 0) is 181 Å². The first-order chi connectivity index (χ1) is 57.2. The largest absolute Gasteiger partial charge is 0.481 e. The zero-order chi connectivity index (χ0) is 99.4. The lowest BCUT2D eigenvalue weighted by molar-refractivity contribution is -0.139. The van der Waals surface area contributed by atoms with Crippen LogP contribution >= 0.6 is 288 Å². The van der Waals surface area contributed by atoms with Gasteiger partial charge in [0, 0.05) is 33.6 Å². The molecule has 4 rings (SSSR count). The van der Waals surface area contributed by atoms with E-state index in [-0.39, 0.29) is 42.5 Å². The average molecular weight is 2150 g/mol. The van der Waals surface area contributed by atoms with Crippen LogP contribution in [0.5, 0.6) is 0 Å². The second-order valence-corrected chi connectivity index (χ2v) is 54.3. The SMILES string of the molecule is CC(=S)SC(C)(C)C#N.CC(=S)SC(C)(C)C#N.CC(=S)SC(C)(C)C(=O)O.CC(=S)SC(C)(C)C(=O)O.CC(=S)SC(C)C#N.CC(=S)SC(C)C#N.CC(=S)SCC(=O)O.CC(=S)SCC(=O)O.CC(C#N)SC(=S)c1ccccc1.CC(C)(C#N)SC(=S)c1ccccc1.CC(C)(SC(=S)c1ccccc1)C(=O)O.O=C(O)CSC(=S)c1ccccc1. The molecule has 0 spiro atoms. The molecule has 0 aliphatic rings. The van der Waals surface area contributed by atoms with Crippen molar-refractivity contribution in [2.75, 3.05) is 17.3 Å². The Labute approximate surface area is 855 Å². The van der Waals surface area contributed by atoms with E-state index in [2.05, 4.69) is 60.9 Å². The molecule has 0 amide bonds. The van der Waals surface area contributed by atoms with Gasteiger partial charge in [-0.2, -0.15) is 31.6 Å². The number of aliphatic carboxylic acids is 6. The first-order valence-electron chi connectivity index (χ1n) is 35.4. The fourth-order valence-electron chi connectivity index (χ4n) is 5.86. The van der Waals surface area contributed by atoms with Crippen molar-refractivity contribution in [3.63, 3.8) is 0 Å². The third kappa shape index (κ3) is 93.0. The highest BCUT2D eigenvalue weighted by Crippen LogP contribution is 2.32. The van der Waals surface area contributed by atoms with Gasteiger partial charge in [0.05, 0.1) is 86.2 Å². The van der Waals surface area contributed by atoms with Crippen LogP contribution in [0.1, 0.15) is 181 Å². The molecule has 0 saturated heterocycles. The van der Waals surface area contributed by atoms with E-state index < -0.39 is 54.8 Å². The normalized spacial score (nSPS) is 10.7. The van der Waals surface area contributed by atoms with Crippen molar-refractivity contribution in [3.05, 3.63) is 144 Å². The van der Waals surface area contributed by atoms with E-state index in [1.165, 1.54) is 141 Å². The number of hydrogen-bond donors (Lipinski definition) is 6. The number of thioether (sulfide) groups is 12. The predicted molar refractivity (Wildman–Crippen MR) is 597 cm³/mol. The predicted octanol–water partition coefficient (Wildman–Crippen LogP) is 26.4. The summed E-state index contributed by atoms with van der Waals surface area (Å²) in [5, 5.41) is 102. The van der Waals surface area contributed by atoms with Crippen LogP contribution in [0.25, 0.3) is 0 Å². The van der Waals surface area contributed by atoms with Gasteiger partial charge in [0.25, 0.3) is 0 Å². The average Bonchev–Trinajstić information content (AvgIpc) is 0.865. The van der Waals surface area contributed by atoms with Gasteiger partial charge in [-0.15, -0.1) is 82.3 Å². The molecule has 3 atom stereocenters. The maximum Gasteiger partial charge on any atom is 0.319 e. The van der Waals surface area contributed by atoms with E-state index in [4.69, 9.17) is 184 Å². The van der Waals surface area contributed by atoms with Gasteiger partial charge in [0.15, 0.2) is 0 Å². The summed E-state index contributed by atoms with van der Waals surface area (Å²) < 4.78 is 5.16. The van der Waals surface area contributed by atoms with Crippen LogP contribution in [-0.2, 0) is 28.8 Å². The van der Waals surface area contributed by atoms with Crippen molar-refractivity contribution < 1.29 is 59.4 Å². The van der Waals surface area contributed by atoms with Crippen molar-refractivity contribution in [3.8, 4) is 36.4 Å². The quantitative estimate of drug-likeness (QED) is 0.0398. The van der Waals surface area contributed by atoms with Gasteiger partial charge in [0.2, 0.25) is 0 Å². The number of carboxylic acids is 6. The van der Waals surface area contributed by atoms with Crippen molar-refractivity contribution in [2.45, 2.75) is 203 Å². The standard InChI is InChI=1S/C11H11NS2.C11H12O2S2.C10H9NS2.C9H8O2S2.2C6H9NS2.2C6H10O2S2.2C5H7NS2.2C4H6O2S2/c1-11(2,8-12)14-10(13)9-6-4-3-5-7-9;1-11(2,10(12)13)15-9(14)8-6-4-3-5-7-8;1-8(7-11)13-10(12)9-5-3-2-4-6-9;10-8(11)6-13-9(12)7-4-2-1-3-5-7;2*1-5(8)9-6(2,3)4-7;2*1-4(9)10-6(2,3)5(7)8;2*1-4(3-6)8-5(2)7;2*1-3(7)8-2-4(5)6/h3-7H,1-2H3;3-7H,1-2H3,(H,12,13);2-6,8H,1H3;1-5H,6H2,(H,10,11);2*1-3H3;2*1-3H3,(H,7,8);2*4H,1-2H3;2*2H2,1H3,(H,5,6). The Kier molecular flexibility index (Phi) is 84.6. The van der Waals surface area contributed by atoms with Gasteiger partial charge in [-0.25, -0.2) is 0 Å². The Morgan fingerprint density at radius 3 is 0.672 bits per heavy atom. The third-order valence-electron chi connectivity index (χ3n) is 11.3. The maximum atomic E-state index is 10.9. The van der Waals surface area contributed by atoms with E-state index in [0.29, 0.717) is 25.2 Å². The van der Waals surface area contributed by atoms with E-state index in [9.17, 15) is 28.8 Å². The zero-order valence-electron chi connectivity index (χ0n) is 73.0. The van der Waals surface area contributed by atoms with Crippen molar-refractivity contribution in [1.82, 2.24) is 0 Å². The highest BCUT2D eigenvalue weighted by Gasteiger charge is 2.31. The van der Waals surface area contributed by atoms with Gasteiger partial charge in [0.1, 0.15) is 28.5 Å². The minimum atomic E-state index is -0.882. The minimum absolute atomic E-state index is 0.00694. The Balaban J connectivity index is -0.000000201. The summed E-state index contributed by atoms with van der Waals surface area (Å²) in [4.78, 5) is 61.8. The Morgan fingerprint density at radius 2 is 0.496 bits per heavy atom. The fourth-order valence-corrected chi connectivity index (χ4v) is 19.6. The topological polar surface area (TPSA) is 367 Å². The maximum absolute atomic E-state index is 10.9. The molecule has 0 saturated carbocycles. The van der Waals surface area contributed by atoms with Crippen molar-refractivity contribution >= 4 is 374 Å². The number of carbonyl (C=O) groups is 6. The van der Waals surface area contributed by atoms with Crippen LogP contribution in [0.2, 0.25) is 0 Å². The van der Waals surface area contributed by atoms with Gasteiger partial charge in [-0.1, -0.05) is 327 Å². The first-order valence-corrected chi connectivity index (χ1v) is 50.8. The highest BCUT2D eigenvalue weighted by atomic mass is 32.2.